The zero-order chi connectivity index (χ0) is 19.1. The van der Waals surface area contributed by atoms with Crippen LogP contribution in [0.3, 0.4) is 0 Å². The van der Waals surface area contributed by atoms with Gasteiger partial charge in [0.05, 0.1) is 33.0 Å². The van der Waals surface area contributed by atoms with Gasteiger partial charge in [-0.25, -0.2) is 4.79 Å². The molecular weight excluding hydrogens is 354 g/mol. The number of rotatable bonds is 14. The monoisotopic (exact) mass is 385 g/mol. The van der Waals surface area contributed by atoms with E-state index in [1.165, 1.54) is 0 Å². The molecule has 0 heterocycles. The van der Waals surface area contributed by atoms with Crippen molar-refractivity contribution in [2.75, 3.05) is 44.5 Å². The van der Waals surface area contributed by atoms with E-state index in [1.807, 2.05) is 44.2 Å². The van der Waals surface area contributed by atoms with Crippen molar-refractivity contribution in [3.05, 3.63) is 35.9 Å². The van der Waals surface area contributed by atoms with Crippen molar-refractivity contribution >= 4 is 17.9 Å². The summed E-state index contributed by atoms with van der Waals surface area (Å²) in [5, 5.41) is 11.5. The number of aliphatic hydroxyl groups is 1. The van der Waals surface area contributed by atoms with Gasteiger partial charge in [-0.2, -0.15) is 11.8 Å². The van der Waals surface area contributed by atoms with Crippen molar-refractivity contribution in [2.24, 2.45) is 0 Å². The van der Waals surface area contributed by atoms with Crippen molar-refractivity contribution in [1.82, 2.24) is 5.32 Å². The average Bonchev–Trinajstić information content (AvgIpc) is 2.62. The van der Waals surface area contributed by atoms with E-state index >= 15 is 0 Å². The molecule has 0 atom stereocenters. The highest BCUT2D eigenvalue weighted by Crippen LogP contribution is 2.14. The number of hydrogen-bond acceptors (Lipinski definition) is 6. The molecule has 0 saturated heterocycles. The molecule has 0 fully saturated rings. The van der Waals surface area contributed by atoms with Crippen LogP contribution in [0, 0.1) is 0 Å². The molecule has 1 aromatic carbocycles. The van der Waals surface area contributed by atoms with Gasteiger partial charge >= 0.3 is 6.09 Å². The van der Waals surface area contributed by atoms with Crippen LogP contribution in [0.1, 0.15) is 25.8 Å². The van der Waals surface area contributed by atoms with E-state index in [0.29, 0.717) is 26.4 Å². The normalized spacial score (nSPS) is 11.3. The fourth-order valence-electron chi connectivity index (χ4n) is 2.03. The third kappa shape index (κ3) is 12.1. The van der Waals surface area contributed by atoms with Crippen molar-refractivity contribution in [1.29, 1.82) is 0 Å². The summed E-state index contributed by atoms with van der Waals surface area (Å²) in [6.07, 6.45) is 0.451. The Kier molecular flexibility index (Phi) is 12.1. The molecule has 0 spiro atoms. The predicted molar refractivity (Wildman–Crippen MR) is 105 cm³/mol. The minimum absolute atomic E-state index is 0.0411. The SMILES string of the molecule is CC(C)(CCSCCOCCOCCO)NC(=O)OCc1ccccc1. The summed E-state index contributed by atoms with van der Waals surface area (Å²) in [5.74, 6) is 1.82. The summed E-state index contributed by atoms with van der Waals surface area (Å²) >= 11 is 1.79. The second kappa shape index (κ2) is 13.9. The molecule has 0 radical (unpaired) electrons. The number of ether oxygens (including phenoxy) is 3. The Labute approximate surface area is 160 Å². The molecule has 0 aromatic heterocycles. The number of aliphatic hydroxyl groups excluding tert-OH is 1. The van der Waals surface area contributed by atoms with E-state index < -0.39 is 6.09 Å². The standard InChI is InChI=1S/C19H31NO5S/c1-19(2,8-14-26-15-13-24-12-11-23-10-9-21)20-18(22)25-16-17-6-4-3-5-7-17/h3-7,21H,8-16H2,1-2H3,(H,20,22). The lowest BCUT2D eigenvalue weighted by molar-refractivity contribution is 0.0377. The van der Waals surface area contributed by atoms with Gasteiger partial charge in [0.25, 0.3) is 0 Å². The smallest absolute Gasteiger partial charge is 0.407 e. The van der Waals surface area contributed by atoms with Crippen molar-refractivity contribution in [2.45, 2.75) is 32.4 Å². The molecule has 0 unspecified atom stereocenters. The van der Waals surface area contributed by atoms with Crippen LogP contribution < -0.4 is 5.32 Å². The first kappa shape index (κ1) is 22.8. The maximum absolute atomic E-state index is 11.9. The molecule has 0 aliphatic rings. The van der Waals surface area contributed by atoms with Crippen LogP contribution in [-0.4, -0.2) is 61.3 Å². The minimum atomic E-state index is -0.393. The number of benzene rings is 1. The summed E-state index contributed by atoms with van der Waals surface area (Å²) in [6.45, 7) is 6.37. The second-order valence-electron chi connectivity index (χ2n) is 6.38. The fourth-order valence-corrected chi connectivity index (χ4v) is 3.13. The lowest BCUT2D eigenvalue weighted by atomic mass is 10.0. The highest BCUT2D eigenvalue weighted by molar-refractivity contribution is 7.99. The lowest BCUT2D eigenvalue weighted by Gasteiger charge is -2.25. The summed E-state index contributed by atoms with van der Waals surface area (Å²) in [5.41, 5.74) is 0.650. The zero-order valence-corrected chi connectivity index (χ0v) is 16.6. The molecule has 0 saturated carbocycles. The van der Waals surface area contributed by atoms with E-state index in [9.17, 15) is 4.79 Å². The molecule has 148 valence electrons. The number of carbonyl (C=O) groups is 1. The fraction of sp³-hybridized carbons (Fsp3) is 0.632. The van der Waals surface area contributed by atoms with Gasteiger partial charge in [0.15, 0.2) is 0 Å². The number of thioether (sulfide) groups is 1. The maximum Gasteiger partial charge on any atom is 0.407 e. The minimum Gasteiger partial charge on any atom is -0.445 e. The van der Waals surface area contributed by atoms with Crippen LogP contribution in [0.4, 0.5) is 4.79 Å². The third-order valence-electron chi connectivity index (χ3n) is 3.50. The molecule has 26 heavy (non-hydrogen) atoms. The van der Waals surface area contributed by atoms with E-state index in [1.54, 1.807) is 11.8 Å². The van der Waals surface area contributed by atoms with Gasteiger partial charge < -0.3 is 24.6 Å². The molecule has 6 nitrogen and oxygen atoms in total. The molecule has 0 bridgehead atoms. The predicted octanol–water partition coefficient (Wildman–Crippen LogP) is 2.84. The van der Waals surface area contributed by atoms with Crippen molar-refractivity contribution < 1.29 is 24.1 Å². The number of amides is 1. The van der Waals surface area contributed by atoms with Gasteiger partial charge in [-0.05, 0) is 31.6 Å². The Morgan fingerprint density at radius 1 is 1.08 bits per heavy atom. The highest BCUT2D eigenvalue weighted by Gasteiger charge is 2.20. The van der Waals surface area contributed by atoms with Crippen molar-refractivity contribution in [3.8, 4) is 0 Å². The number of hydrogen-bond donors (Lipinski definition) is 2. The molecule has 2 N–H and O–H groups in total. The summed E-state index contributed by atoms with van der Waals surface area (Å²) < 4.78 is 15.8. The highest BCUT2D eigenvalue weighted by atomic mass is 32.2. The van der Waals surface area contributed by atoms with Crippen LogP contribution in [0.25, 0.3) is 0 Å². The van der Waals surface area contributed by atoms with Gasteiger partial charge in [0.1, 0.15) is 6.61 Å². The quantitative estimate of drug-likeness (QED) is 0.480. The van der Waals surface area contributed by atoms with Gasteiger partial charge in [-0.1, -0.05) is 30.3 Å². The first-order valence-electron chi connectivity index (χ1n) is 8.86. The Morgan fingerprint density at radius 2 is 1.77 bits per heavy atom. The van der Waals surface area contributed by atoms with E-state index in [2.05, 4.69) is 5.32 Å². The Morgan fingerprint density at radius 3 is 2.46 bits per heavy atom. The van der Waals surface area contributed by atoms with Gasteiger partial charge in [0.2, 0.25) is 0 Å². The molecule has 1 rings (SSSR count). The average molecular weight is 386 g/mol. The number of alkyl carbamates (subject to hydrolysis) is 1. The summed E-state index contributed by atoms with van der Waals surface area (Å²) in [4.78, 5) is 11.9. The zero-order valence-electron chi connectivity index (χ0n) is 15.7. The largest absolute Gasteiger partial charge is 0.445 e. The van der Waals surface area contributed by atoms with Gasteiger partial charge in [-0.15, -0.1) is 0 Å². The Hall–Kier alpha value is -1.28. The molecule has 0 aliphatic heterocycles. The van der Waals surface area contributed by atoms with Crippen LogP contribution in [0.2, 0.25) is 0 Å². The summed E-state index contributed by atoms with van der Waals surface area (Å²) in [7, 11) is 0. The van der Waals surface area contributed by atoms with Crippen LogP contribution >= 0.6 is 11.8 Å². The van der Waals surface area contributed by atoms with E-state index in [4.69, 9.17) is 19.3 Å². The van der Waals surface area contributed by atoms with Crippen molar-refractivity contribution in [3.63, 3.8) is 0 Å². The molecule has 1 amide bonds. The van der Waals surface area contributed by atoms with Crippen LogP contribution in [-0.2, 0) is 20.8 Å². The lowest BCUT2D eigenvalue weighted by Crippen LogP contribution is -2.44. The number of carbonyl (C=O) groups excluding carboxylic acids is 1. The third-order valence-corrected chi connectivity index (χ3v) is 4.45. The van der Waals surface area contributed by atoms with Crippen LogP contribution in [0.15, 0.2) is 30.3 Å². The Bertz CT molecular complexity index is 484. The Balaban J connectivity index is 2.03. The van der Waals surface area contributed by atoms with E-state index in [0.717, 1.165) is 23.5 Å². The maximum atomic E-state index is 11.9. The molecule has 1 aromatic rings. The topological polar surface area (TPSA) is 77.0 Å². The molecule has 0 aliphatic carbocycles. The van der Waals surface area contributed by atoms with E-state index in [-0.39, 0.29) is 18.8 Å². The first-order chi connectivity index (χ1) is 12.5. The van der Waals surface area contributed by atoms with Crippen LogP contribution in [0.5, 0.6) is 0 Å². The summed E-state index contributed by atoms with van der Waals surface area (Å²) in [6, 6.07) is 9.62. The van der Waals surface area contributed by atoms with Gasteiger partial charge in [-0.3, -0.25) is 0 Å². The first-order valence-corrected chi connectivity index (χ1v) is 10.0. The van der Waals surface area contributed by atoms with Gasteiger partial charge in [0, 0.05) is 11.3 Å². The number of nitrogens with one attached hydrogen (secondary N) is 1. The molecular formula is C19H31NO5S. The second-order valence-corrected chi connectivity index (χ2v) is 7.61. The molecule has 7 heteroatoms.